The molecule has 232 valence electrons. The number of aromatic nitrogens is 1. The lowest BCUT2D eigenvalue weighted by Gasteiger charge is -2.23. The van der Waals surface area contributed by atoms with Crippen molar-refractivity contribution in [3.05, 3.63) is 111 Å². The molecule has 45 heavy (non-hydrogen) atoms. The molecule has 4 aromatic rings. The number of Topliss-reactive ketones (excluding diaryl/α,β-unsaturated/α-hetero) is 2. The van der Waals surface area contributed by atoms with Gasteiger partial charge in [-0.1, -0.05) is 73.1 Å². The van der Waals surface area contributed by atoms with Crippen LogP contribution < -0.4 is 14.4 Å². The van der Waals surface area contributed by atoms with E-state index >= 15 is 0 Å². The molecule has 0 bridgehead atoms. The Morgan fingerprint density at radius 2 is 1.64 bits per heavy atom. The Morgan fingerprint density at radius 1 is 0.956 bits per heavy atom. The number of hydrogen-bond acceptors (Lipinski definition) is 8. The van der Waals surface area contributed by atoms with E-state index in [1.54, 1.807) is 55.5 Å². The fourth-order valence-electron chi connectivity index (χ4n) is 5.28. The number of hydrogen-bond donors (Lipinski definition) is 1. The quantitative estimate of drug-likeness (QED) is 0.0565. The van der Waals surface area contributed by atoms with Gasteiger partial charge in [0.05, 0.1) is 28.8 Å². The van der Waals surface area contributed by atoms with Crippen molar-refractivity contribution in [3.8, 4) is 11.5 Å². The average Bonchev–Trinajstić information content (AvgIpc) is 3.54. The van der Waals surface area contributed by atoms with Gasteiger partial charge in [-0.2, -0.15) is 0 Å². The van der Waals surface area contributed by atoms with E-state index in [4.69, 9.17) is 9.47 Å². The van der Waals surface area contributed by atoms with Crippen molar-refractivity contribution in [2.45, 2.75) is 59.6 Å². The standard InChI is InChI=1S/C36H36N2O6S/c1-5-6-7-19-43-28-15-11-26(12-16-28)31-30(33(41)35(42)38(31)36-37-23(3)34(45-36)24(4)39)32(40)27-13-17-29(18-14-27)44-21-25-10-8-9-22(2)20-25/h8-18,20,31,40H,5-7,19,21H2,1-4H3. The molecular weight excluding hydrogens is 588 g/mol. The highest BCUT2D eigenvalue weighted by Crippen LogP contribution is 2.44. The summed E-state index contributed by atoms with van der Waals surface area (Å²) in [5.41, 5.74) is 3.53. The third kappa shape index (κ3) is 6.99. The van der Waals surface area contributed by atoms with Gasteiger partial charge in [-0.05, 0) is 67.8 Å². The van der Waals surface area contributed by atoms with E-state index in [-0.39, 0.29) is 22.2 Å². The van der Waals surface area contributed by atoms with Crippen LogP contribution in [-0.4, -0.2) is 34.2 Å². The summed E-state index contributed by atoms with van der Waals surface area (Å²) in [5.74, 6) is -0.908. The summed E-state index contributed by atoms with van der Waals surface area (Å²) in [6.45, 7) is 8.24. The van der Waals surface area contributed by atoms with Crippen molar-refractivity contribution in [1.29, 1.82) is 0 Å². The molecule has 5 rings (SSSR count). The zero-order valence-electron chi connectivity index (χ0n) is 25.8. The lowest BCUT2D eigenvalue weighted by molar-refractivity contribution is -0.132. The number of thiazole rings is 1. The number of aryl methyl sites for hydroxylation is 2. The van der Waals surface area contributed by atoms with Crippen LogP contribution in [0, 0.1) is 13.8 Å². The highest BCUT2D eigenvalue weighted by Gasteiger charge is 2.48. The van der Waals surface area contributed by atoms with Gasteiger partial charge in [0.1, 0.15) is 23.9 Å². The molecule has 0 radical (unpaired) electrons. The number of nitrogens with zero attached hydrogens (tertiary/aromatic N) is 2. The Bertz CT molecular complexity index is 1740. The smallest absolute Gasteiger partial charge is 0.301 e. The van der Waals surface area contributed by atoms with Gasteiger partial charge < -0.3 is 14.6 Å². The molecule has 0 spiro atoms. The maximum absolute atomic E-state index is 13.6. The topological polar surface area (TPSA) is 106 Å². The highest BCUT2D eigenvalue weighted by atomic mass is 32.1. The molecule has 2 heterocycles. The largest absolute Gasteiger partial charge is 0.507 e. The highest BCUT2D eigenvalue weighted by molar-refractivity contribution is 7.18. The molecule has 1 fully saturated rings. The summed E-state index contributed by atoms with van der Waals surface area (Å²) in [6.07, 6.45) is 3.10. The Labute approximate surface area is 267 Å². The second-order valence-corrected chi connectivity index (χ2v) is 12.0. The molecule has 3 aromatic carbocycles. The van der Waals surface area contributed by atoms with Gasteiger partial charge >= 0.3 is 5.91 Å². The minimum atomic E-state index is -0.971. The Morgan fingerprint density at radius 3 is 2.29 bits per heavy atom. The van der Waals surface area contributed by atoms with Crippen LogP contribution in [0.2, 0.25) is 0 Å². The molecule has 1 aromatic heterocycles. The summed E-state index contributed by atoms with van der Waals surface area (Å²) in [7, 11) is 0. The Balaban J connectivity index is 1.49. The number of amides is 1. The third-order valence-corrected chi connectivity index (χ3v) is 8.84. The molecule has 1 N–H and O–H groups in total. The molecule has 1 unspecified atom stereocenters. The minimum Gasteiger partial charge on any atom is -0.507 e. The van der Waals surface area contributed by atoms with Crippen LogP contribution in [0.25, 0.3) is 5.76 Å². The molecule has 0 aliphatic carbocycles. The van der Waals surface area contributed by atoms with Crippen molar-refractivity contribution < 1.29 is 29.0 Å². The van der Waals surface area contributed by atoms with Crippen molar-refractivity contribution >= 4 is 39.7 Å². The van der Waals surface area contributed by atoms with Gasteiger partial charge in [-0.25, -0.2) is 4.98 Å². The molecule has 8 nitrogen and oxygen atoms in total. The number of unbranched alkanes of at least 4 members (excludes halogenated alkanes) is 2. The van der Waals surface area contributed by atoms with Gasteiger partial charge in [-0.3, -0.25) is 19.3 Å². The van der Waals surface area contributed by atoms with Crippen LogP contribution in [0.15, 0.2) is 78.4 Å². The number of carbonyl (C=O) groups excluding carboxylic acids is 3. The van der Waals surface area contributed by atoms with Crippen molar-refractivity contribution in [1.82, 2.24) is 4.98 Å². The zero-order valence-corrected chi connectivity index (χ0v) is 26.6. The predicted molar refractivity (Wildman–Crippen MR) is 175 cm³/mol. The first kappa shape index (κ1) is 31.7. The van der Waals surface area contributed by atoms with Crippen molar-refractivity contribution in [3.63, 3.8) is 0 Å². The number of ether oxygens (including phenoxy) is 2. The first-order chi connectivity index (χ1) is 21.7. The summed E-state index contributed by atoms with van der Waals surface area (Å²) >= 11 is 1.05. The maximum Gasteiger partial charge on any atom is 0.301 e. The molecule has 1 atom stereocenters. The fourth-order valence-corrected chi connectivity index (χ4v) is 6.27. The van der Waals surface area contributed by atoms with Gasteiger partial charge in [0.25, 0.3) is 5.78 Å². The van der Waals surface area contributed by atoms with Crippen LogP contribution in [0.4, 0.5) is 5.13 Å². The number of aliphatic hydroxyl groups excluding tert-OH is 1. The number of carbonyl (C=O) groups is 3. The van der Waals surface area contributed by atoms with Crippen LogP contribution in [0.1, 0.15) is 76.8 Å². The number of benzene rings is 3. The van der Waals surface area contributed by atoms with E-state index in [1.165, 1.54) is 11.8 Å². The lowest BCUT2D eigenvalue weighted by Crippen LogP contribution is -2.29. The molecular formula is C36H36N2O6S. The molecule has 1 amide bonds. The van der Waals surface area contributed by atoms with Gasteiger partial charge in [0.2, 0.25) is 0 Å². The number of ketones is 2. The third-order valence-electron chi connectivity index (χ3n) is 7.58. The molecule has 9 heteroatoms. The summed E-state index contributed by atoms with van der Waals surface area (Å²) in [6, 6.07) is 20.9. The van der Waals surface area contributed by atoms with E-state index < -0.39 is 17.7 Å². The number of aliphatic hydroxyl groups is 1. The van der Waals surface area contributed by atoms with Gasteiger partial charge in [0, 0.05) is 12.5 Å². The van der Waals surface area contributed by atoms with E-state index in [1.807, 2.05) is 31.2 Å². The summed E-state index contributed by atoms with van der Waals surface area (Å²) in [5, 5.41) is 11.8. The lowest BCUT2D eigenvalue weighted by atomic mass is 9.95. The second-order valence-electron chi connectivity index (χ2n) is 11.1. The fraction of sp³-hybridized carbons (Fsp3) is 0.278. The predicted octanol–water partition coefficient (Wildman–Crippen LogP) is 7.74. The van der Waals surface area contributed by atoms with Crippen LogP contribution in [0.3, 0.4) is 0 Å². The van der Waals surface area contributed by atoms with Gasteiger partial charge in [0.15, 0.2) is 10.9 Å². The van der Waals surface area contributed by atoms with E-state index in [0.717, 1.165) is 41.7 Å². The Kier molecular flexibility index (Phi) is 9.78. The number of anilines is 1. The normalized spacial score (nSPS) is 15.8. The van der Waals surface area contributed by atoms with Crippen LogP contribution >= 0.6 is 11.3 Å². The van der Waals surface area contributed by atoms with Crippen molar-refractivity contribution in [2.75, 3.05) is 11.5 Å². The first-order valence-corrected chi connectivity index (χ1v) is 15.8. The average molecular weight is 625 g/mol. The minimum absolute atomic E-state index is 0.0673. The molecule has 1 saturated heterocycles. The maximum atomic E-state index is 13.6. The summed E-state index contributed by atoms with van der Waals surface area (Å²) < 4.78 is 11.8. The van der Waals surface area contributed by atoms with Crippen LogP contribution in [-0.2, 0) is 16.2 Å². The molecule has 1 aliphatic rings. The molecule has 0 saturated carbocycles. The number of rotatable bonds is 12. The second kappa shape index (κ2) is 13.9. The van der Waals surface area contributed by atoms with Gasteiger partial charge in [-0.15, -0.1) is 0 Å². The van der Waals surface area contributed by atoms with E-state index in [2.05, 4.69) is 11.9 Å². The SMILES string of the molecule is CCCCCOc1ccc(C2C(=C(O)c3ccc(OCc4cccc(C)c4)cc3)C(=O)C(=O)N2c2nc(C)c(C(C)=O)s2)cc1. The zero-order chi connectivity index (χ0) is 32.1. The van der Waals surface area contributed by atoms with Crippen LogP contribution in [0.5, 0.6) is 11.5 Å². The Hall–Kier alpha value is -4.76. The first-order valence-electron chi connectivity index (χ1n) is 15.0. The summed E-state index contributed by atoms with van der Waals surface area (Å²) in [4.78, 5) is 45.5. The monoisotopic (exact) mass is 624 g/mol. The molecule has 1 aliphatic heterocycles. The van der Waals surface area contributed by atoms with E-state index in [9.17, 15) is 19.5 Å². The van der Waals surface area contributed by atoms with E-state index in [0.29, 0.717) is 46.4 Å². The van der Waals surface area contributed by atoms with Crippen molar-refractivity contribution in [2.24, 2.45) is 0 Å².